The molecule has 0 aliphatic heterocycles. The molecular weight excluding hydrogens is 254 g/mol. The third kappa shape index (κ3) is 4.72. The van der Waals surface area contributed by atoms with E-state index in [0.29, 0.717) is 6.04 Å². The van der Waals surface area contributed by atoms with Crippen LogP contribution in [0.5, 0.6) is 0 Å². The average Bonchev–Trinajstić information content (AvgIpc) is 3.25. The molecule has 1 unspecified atom stereocenters. The van der Waals surface area contributed by atoms with E-state index in [1.165, 1.54) is 25.7 Å². The van der Waals surface area contributed by atoms with Crippen LogP contribution in [-0.4, -0.2) is 55.2 Å². The Balaban J connectivity index is 1.74. The zero-order valence-corrected chi connectivity index (χ0v) is 12.9. The van der Waals surface area contributed by atoms with Crippen molar-refractivity contribution in [1.82, 2.24) is 10.2 Å². The van der Waals surface area contributed by atoms with Gasteiger partial charge in [-0.25, -0.2) is 0 Å². The van der Waals surface area contributed by atoms with Crippen LogP contribution in [0.3, 0.4) is 0 Å². The molecule has 116 valence electrons. The maximum absolute atomic E-state index is 11.7. The first kappa shape index (κ1) is 15.7. The van der Waals surface area contributed by atoms with Crippen LogP contribution < -0.4 is 11.1 Å². The zero-order valence-electron chi connectivity index (χ0n) is 12.9. The molecule has 0 aromatic carbocycles. The number of nitrogens with zero attached hydrogens (tertiary/aromatic N) is 1. The van der Waals surface area contributed by atoms with Crippen LogP contribution in [0.2, 0.25) is 0 Å². The summed E-state index contributed by atoms with van der Waals surface area (Å²) in [6.45, 7) is 4.75. The van der Waals surface area contributed by atoms with E-state index in [9.17, 15) is 4.79 Å². The molecule has 3 N–H and O–H groups in total. The minimum Gasteiger partial charge on any atom is -0.383 e. The van der Waals surface area contributed by atoms with Crippen molar-refractivity contribution in [3.8, 4) is 0 Å². The first-order valence-corrected chi connectivity index (χ1v) is 7.86. The molecule has 0 bridgehead atoms. The highest BCUT2D eigenvalue weighted by Crippen LogP contribution is 2.28. The summed E-state index contributed by atoms with van der Waals surface area (Å²) in [5.74, 6) is -0.223. The monoisotopic (exact) mass is 283 g/mol. The summed E-state index contributed by atoms with van der Waals surface area (Å²) in [6.07, 6.45) is 6.76. The van der Waals surface area contributed by atoms with E-state index < -0.39 is 5.54 Å². The normalized spacial score (nSPS) is 21.9. The van der Waals surface area contributed by atoms with Gasteiger partial charge in [-0.1, -0.05) is 0 Å². The number of carbonyl (C=O) groups is 1. The van der Waals surface area contributed by atoms with Gasteiger partial charge in [-0.15, -0.1) is 0 Å². The maximum atomic E-state index is 11.7. The Morgan fingerprint density at radius 1 is 1.35 bits per heavy atom. The summed E-state index contributed by atoms with van der Waals surface area (Å²) in [5, 5.41) is 3.41. The first-order valence-electron chi connectivity index (χ1n) is 7.86. The van der Waals surface area contributed by atoms with Crippen LogP contribution in [0.1, 0.15) is 45.4 Å². The molecule has 5 heteroatoms. The van der Waals surface area contributed by atoms with E-state index in [-0.39, 0.29) is 5.91 Å². The summed E-state index contributed by atoms with van der Waals surface area (Å²) >= 11 is 0. The first-order chi connectivity index (χ1) is 9.55. The molecule has 2 aliphatic rings. The summed E-state index contributed by atoms with van der Waals surface area (Å²) in [6, 6.07) is 1.24. The predicted octanol–water partition coefficient (Wildman–Crippen LogP) is 0.873. The smallest absolute Gasteiger partial charge is 0.237 e. The van der Waals surface area contributed by atoms with Gasteiger partial charge in [0.25, 0.3) is 0 Å². The largest absolute Gasteiger partial charge is 0.383 e. The van der Waals surface area contributed by atoms with Crippen molar-refractivity contribution < 1.29 is 9.53 Å². The number of primary amides is 1. The number of hydrogen-bond donors (Lipinski definition) is 2. The Kier molecular flexibility index (Phi) is 5.41. The zero-order chi connectivity index (χ0) is 14.6. The van der Waals surface area contributed by atoms with Crippen molar-refractivity contribution in [2.75, 3.05) is 26.8 Å². The topological polar surface area (TPSA) is 67.6 Å². The quantitative estimate of drug-likeness (QED) is 0.590. The minimum absolute atomic E-state index is 0.223. The Morgan fingerprint density at radius 2 is 2.05 bits per heavy atom. The van der Waals surface area contributed by atoms with E-state index >= 15 is 0 Å². The molecule has 0 saturated heterocycles. The Bertz CT molecular complexity index is 329. The number of hydrogen-bond acceptors (Lipinski definition) is 4. The highest BCUT2D eigenvalue weighted by molar-refractivity contribution is 5.84. The van der Waals surface area contributed by atoms with Crippen molar-refractivity contribution >= 4 is 5.91 Å². The SMILES string of the molecule is COCCN(CCCC(C)(NC1CC1)C(N)=O)C1CC1. The van der Waals surface area contributed by atoms with Gasteiger partial charge in [-0.05, 0) is 52.0 Å². The van der Waals surface area contributed by atoms with Crippen LogP contribution in [0.15, 0.2) is 0 Å². The maximum Gasteiger partial charge on any atom is 0.237 e. The molecule has 2 fully saturated rings. The van der Waals surface area contributed by atoms with Crippen LogP contribution in [-0.2, 0) is 9.53 Å². The van der Waals surface area contributed by atoms with Crippen molar-refractivity contribution in [2.24, 2.45) is 5.73 Å². The van der Waals surface area contributed by atoms with E-state index in [2.05, 4.69) is 10.2 Å². The molecule has 1 atom stereocenters. The van der Waals surface area contributed by atoms with Gasteiger partial charge >= 0.3 is 0 Å². The average molecular weight is 283 g/mol. The molecule has 1 amide bonds. The number of nitrogens with two attached hydrogens (primary N) is 1. The molecule has 0 radical (unpaired) electrons. The molecular formula is C15H29N3O2. The Hall–Kier alpha value is -0.650. The van der Waals surface area contributed by atoms with Crippen LogP contribution in [0.4, 0.5) is 0 Å². The Morgan fingerprint density at radius 3 is 2.55 bits per heavy atom. The number of nitrogens with one attached hydrogen (secondary N) is 1. The van der Waals surface area contributed by atoms with Crippen molar-refractivity contribution in [2.45, 2.75) is 63.1 Å². The number of methoxy groups -OCH3 is 1. The molecule has 5 nitrogen and oxygen atoms in total. The molecule has 0 spiro atoms. The highest BCUT2D eigenvalue weighted by Gasteiger charge is 2.37. The summed E-state index contributed by atoms with van der Waals surface area (Å²) in [5.41, 5.74) is 5.04. The van der Waals surface area contributed by atoms with Gasteiger partial charge in [0.2, 0.25) is 5.91 Å². The molecule has 0 aromatic rings. The number of carbonyl (C=O) groups excluding carboxylic acids is 1. The second kappa shape index (κ2) is 6.87. The van der Waals surface area contributed by atoms with Crippen molar-refractivity contribution in [3.63, 3.8) is 0 Å². The Labute approximate surface area is 122 Å². The van der Waals surface area contributed by atoms with Crippen molar-refractivity contribution in [3.05, 3.63) is 0 Å². The van der Waals surface area contributed by atoms with Gasteiger partial charge in [0.1, 0.15) is 0 Å². The lowest BCUT2D eigenvalue weighted by Crippen LogP contribution is -2.54. The van der Waals surface area contributed by atoms with Crippen molar-refractivity contribution in [1.29, 1.82) is 0 Å². The van der Waals surface area contributed by atoms with Gasteiger partial charge in [0.05, 0.1) is 12.1 Å². The number of ether oxygens (including phenoxy) is 1. The lowest BCUT2D eigenvalue weighted by atomic mass is 9.94. The third-order valence-corrected chi connectivity index (χ3v) is 4.41. The summed E-state index contributed by atoms with van der Waals surface area (Å²) in [7, 11) is 1.74. The molecule has 0 heterocycles. The fourth-order valence-electron chi connectivity index (χ4n) is 2.71. The number of rotatable bonds is 11. The van der Waals surface area contributed by atoms with Crippen LogP contribution in [0, 0.1) is 0 Å². The number of amides is 1. The third-order valence-electron chi connectivity index (χ3n) is 4.41. The van der Waals surface area contributed by atoms with Gasteiger partial charge in [0.15, 0.2) is 0 Å². The summed E-state index contributed by atoms with van der Waals surface area (Å²) < 4.78 is 5.17. The van der Waals surface area contributed by atoms with Gasteiger partial charge < -0.3 is 15.8 Å². The fraction of sp³-hybridized carbons (Fsp3) is 0.933. The predicted molar refractivity (Wildman–Crippen MR) is 79.5 cm³/mol. The van der Waals surface area contributed by atoms with Crippen LogP contribution >= 0.6 is 0 Å². The summed E-state index contributed by atoms with van der Waals surface area (Å²) in [4.78, 5) is 14.2. The van der Waals surface area contributed by atoms with E-state index in [1.807, 2.05) is 6.92 Å². The second-order valence-corrected chi connectivity index (χ2v) is 6.48. The molecule has 2 rings (SSSR count). The van der Waals surface area contributed by atoms with Crippen LogP contribution in [0.25, 0.3) is 0 Å². The molecule has 2 saturated carbocycles. The standard InChI is InChI=1S/C15H29N3O2/c1-15(14(16)19,17-12-4-5-12)8-3-9-18(10-11-20-2)13-6-7-13/h12-13,17H,3-11H2,1-2H3,(H2,16,19). The molecule has 0 aromatic heterocycles. The van der Waals surface area contributed by atoms with E-state index in [4.69, 9.17) is 10.5 Å². The minimum atomic E-state index is -0.544. The van der Waals surface area contributed by atoms with Gasteiger partial charge in [-0.2, -0.15) is 0 Å². The lowest BCUT2D eigenvalue weighted by Gasteiger charge is -2.29. The molecule has 20 heavy (non-hydrogen) atoms. The molecule has 2 aliphatic carbocycles. The fourth-order valence-corrected chi connectivity index (χ4v) is 2.71. The van der Waals surface area contributed by atoms with Gasteiger partial charge in [0, 0.05) is 25.7 Å². The van der Waals surface area contributed by atoms with E-state index in [0.717, 1.165) is 38.6 Å². The lowest BCUT2D eigenvalue weighted by molar-refractivity contribution is -0.124. The van der Waals surface area contributed by atoms with Gasteiger partial charge in [-0.3, -0.25) is 9.69 Å². The highest BCUT2D eigenvalue weighted by atomic mass is 16.5. The van der Waals surface area contributed by atoms with E-state index in [1.54, 1.807) is 7.11 Å². The second-order valence-electron chi connectivity index (χ2n) is 6.48.